The first kappa shape index (κ1) is 31.8. The number of carbonyl (C=O) groups is 2. The van der Waals surface area contributed by atoms with Gasteiger partial charge in [-0.15, -0.1) is 11.8 Å². The van der Waals surface area contributed by atoms with E-state index in [9.17, 15) is 9.59 Å². The van der Waals surface area contributed by atoms with Crippen LogP contribution in [0, 0.1) is 0 Å². The summed E-state index contributed by atoms with van der Waals surface area (Å²) in [4.78, 5) is 29.0. The molecule has 6 rings (SSSR count). The van der Waals surface area contributed by atoms with Crippen LogP contribution in [0.3, 0.4) is 0 Å². The van der Waals surface area contributed by atoms with Gasteiger partial charge in [0.05, 0.1) is 49.8 Å². The van der Waals surface area contributed by atoms with Crippen LogP contribution in [0.25, 0.3) is 16.9 Å². The number of aromatic nitrogens is 2. The summed E-state index contributed by atoms with van der Waals surface area (Å²) in [7, 11) is 4.79. The minimum Gasteiger partial charge on any atom is -0.497 e. The molecule has 2 amide bonds. The number of anilines is 1. The molecule has 0 bridgehead atoms. The van der Waals surface area contributed by atoms with Crippen molar-refractivity contribution >= 4 is 41.0 Å². The largest absolute Gasteiger partial charge is 0.497 e. The van der Waals surface area contributed by atoms with Crippen LogP contribution in [0.15, 0.2) is 66.7 Å². The van der Waals surface area contributed by atoms with Crippen LogP contribution >= 0.6 is 23.4 Å². The Morgan fingerprint density at radius 3 is 2.46 bits per heavy atom. The molecule has 1 fully saturated rings. The highest BCUT2D eigenvalue weighted by molar-refractivity contribution is 8.00. The average Bonchev–Trinajstić information content (AvgIpc) is 3.72. The zero-order chi connectivity index (χ0) is 32.2. The van der Waals surface area contributed by atoms with Crippen molar-refractivity contribution in [2.24, 2.45) is 0 Å². The first-order chi connectivity index (χ1) is 22.4. The van der Waals surface area contributed by atoms with Gasteiger partial charge in [-0.05, 0) is 66.9 Å². The van der Waals surface area contributed by atoms with Gasteiger partial charge >= 0.3 is 0 Å². The van der Waals surface area contributed by atoms with Crippen LogP contribution < -0.4 is 24.4 Å². The molecule has 0 unspecified atom stereocenters. The van der Waals surface area contributed by atoms with Gasteiger partial charge < -0.3 is 24.3 Å². The number of hydrogen-bond acceptors (Lipinski definition) is 8. The lowest BCUT2D eigenvalue weighted by molar-refractivity contribution is -0.123. The molecule has 1 N–H and O–H groups in total. The number of carbonyl (C=O) groups excluding carboxylic acids is 2. The van der Waals surface area contributed by atoms with Crippen molar-refractivity contribution in [2.75, 3.05) is 51.7 Å². The highest BCUT2D eigenvalue weighted by Crippen LogP contribution is 2.49. The molecule has 10 nitrogen and oxygen atoms in total. The van der Waals surface area contributed by atoms with Gasteiger partial charge in [0.25, 0.3) is 0 Å². The molecule has 3 heterocycles. The lowest BCUT2D eigenvalue weighted by Crippen LogP contribution is -2.44. The summed E-state index contributed by atoms with van der Waals surface area (Å²) in [6, 6.07) is 20.6. The Kier molecular flexibility index (Phi) is 9.72. The van der Waals surface area contributed by atoms with E-state index in [1.807, 2.05) is 66.7 Å². The fraction of sp³-hybridized carbons (Fsp3) is 0.324. The fourth-order valence-corrected chi connectivity index (χ4v) is 7.07. The molecule has 0 spiro atoms. The first-order valence-electron chi connectivity index (χ1n) is 15.0. The predicted octanol–water partition coefficient (Wildman–Crippen LogP) is 5.68. The smallest absolute Gasteiger partial charge is 0.240 e. The van der Waals surface area contributed by atoms with Crippen molar-refractivity contribution < 1.29 is 28.5 Å². The minimum absolute atomic E-state index is 0.0225. The SMILES string of the molecule is COc1ccc(-n2nc(-c3ccc(Cl)cc3)c3c2N(CC(=O)NC[C@@H]2CCCO2)C(=O)CS[C@@H]3c2ccc(OC)c(OC)c2)cc1. The highest BCUT2D eigenvalue weighted by Gasteiger charge is 2.38. The Hall–Kier alpha value is -4.19. The predicted molar refractivity (Wildman–Crippen MR) is 179 cm³/mol. The standard InChI is InChI=1S/C34H35ClN4O6S/c1-42-25-13-11-24(12-14-25)39-34-31(32(37-39)21-6-9-23(35)10-7-21)33(22-8-15-27(43-2)28(17-22)44-3)46-20-30(41)38(34)19-29(40)36-18-26-5-4-16-45-26/h6-15,17,26,33H,4-5,16,18-20H2,1-3H3,(H,36,40)/t26-,33+/m0/s1. The van der Waals surface area contributed by atoms with Gasteiger partial charge in [-0.2, -0.15) is 5.10 Å². The van der Waals surface area contributed by atoms with E-state index in [1.54, 1.807) is 30.9 Å². The van der Waals surface area contributed by atoms with Gasteiger partial charge in [0.2, 0.25) is 11.8 Å². The van der Waals surface area contributed by atoms with Gasteiger partial charge in [0, 0.05) is 29.3 Å². The second kappa shape index (κ2) is 14.1. The second-order valence-electron chi connectivity index (χ2n) is 10.9. The number of fused-ring (bicyclic) bond motifs is 1. The molecular weight excluding hydrogens is 628 g/mol. The molecule has 1 saturated heterocycles. The van der Waals surface area contributed by atoms with Crippen LogP contribution in [-0.4, -0.2) is 74.5 Å². The van der Waals surface area contributed by atoms with Crippen LogP contribution in [0.2, 0.25) is 5.02 Å². The molecule has 1 aromatic heterocycles. The van der Waals surface area contributed by atoms with Crippen molar-refractivity contribution in [3.8, 4) is 34.2 Å². The quantitative estimate of drug-likeness (QED) is 0.231. The summed E-state index contributed by atoms with van der Waals surface area (Å²) >= 11 is 7.76. The van der Waals surface area contributed by atoms with E-state index < -0.39 is 0 Å². The van der Waals surface area contributed by atoms with Crippen LogP contribution in [0.4, 0.5) is 5.82 Å². The highest BCUT2D eigenvalue weighted by atomic mass is 35.5. The monoisotopic (exact) mass is 662 g/mol. The second-order valence-corrected chi connectivity index (χ2v) is 12.5. The number of ether oxygens (including phenoxy) is 4. The third-order valence-electron chi connectivity index (χ3n) is 8.09. The van der Waals surface area contributed by atoms with E-state index in [1.165, 1.54) is 11.8 Å². The van der Waals surface area contributed by atoms with Gasteiger partial charge in [-0.3, -0.25) is 14.5 Å². The molecule has 46 heavy (non-hydrogen) atoms. The maximum Gasteiger partial charge on any atom is 0.240 e. The van der Waals surface area contributed by atoms with Crippen LogP contribution in [0.5, 0.6) is 17.2 Å². The van der Waals surface area contributed by atoms with E-state index in [0.29, 0.717) is 52.6 Å². The molecule has 12 heteroatoms. The Bertz CT molecular complexity index is 1710. The number of hydrogen-bond donors (Lipinski definition) is 1. The maximum absolute atomic E-state index is 14.0. The number of nitrogens with zero attached hydrogens (tertiary/aromatic N) is 3. The number of amides is 2. The Morgan fingerprint density at radius 1 is 1.02 bits per heavy atom. The average molecular weight is 663 g/mol. The summed E-state index contributed by atoms with van der Waals surface area (Å²) < 4.78 is 24.0. The van der Waals surface area contributed by atoms with Gasteiger partial charge in [0.1, 0.15) is 18.1 Å². The molecule has 0 saturated carbocycles. The first-order valence-corrected chi connectivity index (χ1v) is 16.4. The lowest BCUT2D eigenvalue weighted by Gasteiger charge is -2.24. The lowest BCUT2D eigenvalue weighted by atomic mass is 9.99. The number of halogens is 1. The van der Waals surface area contributed by atoms with Crippen molar-refractivity contribution in [3.05, 3.63) is 82.9 Å². The van der Waals surface area contributed by atoms with Gasteiger partial charge in [-0.25, -0.2) is 4.68 Å². The summed E-state index contributed by atoms with van der Waals surface area (Å²) in [5, 5.41) is 8.35. The molecule has 3 aromatic carbocycles. The normalized spacial score (nSPS) is 17.7. The van der Waals surface area contributed by atoms with E-state index in [-0.39, 0.29) is 35.5 Å². The number of methoxy groups -OCH3 is 3. The van der Waals surface area contributed by atoms with Crippen molar-refractivity contribution in [3.63, 3.8) is 0 Å². The third kappa shape index (κ3) is 6.53. The zero-order valence-electron chi connectivity index (χ0n) is 25.8. The summed E-state index contributed by atoms with van der Waals surface area (Å²) in [5.41, 5.74) is 3.86. The van der Waals surface area contributed by atoms with Crippen LogP contribution in [-0.2, 0) is 14.3 Å². The zero-order valence-corrected chi connectivity index (χ0v) is 27.4. The number of nitrogens with one attached hydrogen (secondary N) is 1. The maximum atomic E-state index is 14.0. The number of benzene rings is 3. The van der Waals surface area contributed by atoms with E-state index in [0.717, 1.165) is 29.5 Å². The molecule has 4 aromatic rings. The third-order valence-corrected chi connectivity index (χ3v) is 9.59. The number of rotatable bonds is 10. The molecule has 2 atom stereocenters. The van der Waals surface area contributed by atoms with Gasteiger partial charge in [-0.1, -0.05) is 29.8 Å². The van der Waals surface area contributed by atoms with Gasteiger partial charge in [0.15, 0.2) is 11.5 Å². The minimum atomic E-state index is -0.351. The Balaban J connectivity index is 1.54. The van der Waals surface area contributed by atoms with E-state index in [2.05, 4.69) is 5.32 Å². The molecule has 0 aliphatic carbocycles. The molecule has 2 aliphatic rings. The molecule has 2 aliphatic heterocycles. The fourth-order valence-electron chi connectivity index (χ4n) is 5.76. The van der Waals surface area contributed by atoms with Crippen molar-refractivity contribution in [1.29, 1.82) is 0 Å². The van der Waals surface area contributed by atoms with E-state index >= 15 is 0 Å². The summed E-state index contributed by atoms with van der Waals surface area (Å²) in [6.07, 6.45) is 1.84. The summed E-state index contributed by atoms with van der Waals surface area (Å²) in [5.74, 6) is 2.00. The Morgan fingerprint density at radius 2 is 1.78 bits per heavy atom. The summed E-state index contributed by atoms with van der Waals surface area (Å²) in [6.45, 7) is 0.905. The van der Waals surface area contributed by atoms with Crippen molar-refractivity contribution in [2.45, 2.75) is 24.2 Å². The Labute approximate surface area is 276 Å². The topological polar surface area (TPSA) is 104 Å². The van der Waals surface area contributed by atoms with E-state index in [4.69, 9.17) is 35.6 Å². The van der Waals surface area contributed by atoms with Crippen molar-refractivity contribution in [1.82, 2.24) is 15.1 Å². The molecular formula is C34H35ClN4O6S. The van der Waals surface area contributed by atoms with Crippen LogP contribution in [0.1, 0.15) is 29.2 Å². The molecule has 0 radical (unpaired) electrons. The number of thioether (sulfide) groups is 1. The molecule has 240 valence electrons.